The standard InChI is InChI=1S/C10H23N3O/c1-10(8-11)9-13-4-2-12(3-5-13)6-7-14/h10,14H,2-9,11H2,1H3. The van der Waals surface area contributed by atoms with Crippen molar-refractivity contribution in [3.63, 3.8) is 0 Å². The van der Waals surface area contributed by atoms with E-state index in [9.17, 15) is 0 Å². The third kappa shape index (κ3) is 3.92. The molecular formula is C10H23N3O. The molecule has 0 aromatic rings. The van der Waals surface area contributed by atoms with E-state index in [2.05, 4.69) is 16.7 Å². The molecule has 4 heteroatoms. The molecule has 1 heterocycles. The molecule has 4 nitrogen and oxygen atoms in total. The van der Waals surface area contributed by atoms with Crippen LogP contribution in [0.2, 0.25) is 0 Å². The lowest BCUT2D eigenvalue weighted by atomic mass is 10.1. The Labute approximate surface area is 86.7 Å². The van der Waals surface area contributed by atoms with Crippen molar-refractivity contribution in [1.82, 2.24) is 9.80 Å². The Kier molecular flexibility index (Phi) is 5.40. The average Bonchev–Trinajstić information content (AvgIpc) is 2.21. The van der Waals surface area contributed by atoms with Gasteiger partial charge in [-0.1, -0.05) is 6.92 Å². The van der Waals surface area contributed by atoms with Crippen LogP contribution in [0.15, 0.2) is 0 Å². The molecular weight excluding hydrogens is 178 g/mol. The number of hydrogen-bond acceptors (Lipinski definition) is 4. The first-order valence-corrected chi connectivity index (χ1v) is 5.52. The molecule has 0 radical (unpaired) electrons. The second-order valence-corrected chi connectivity index (χ2v) is 4.21. The van der Waals surface area contributed by atoms with Gasteiger partial charge in [-0.15, -0.1) is 0 Å². The highest BCUT2D eigenvalue weighted by molar-refractivity contribution is 4.73. The fraction of sp³-hybridized carbons (Fsp3) is 1.00. The molecule has 1 aliphatic rings. The van der Waals surface area contributed by atoms with Crippen molar-refractivity contribution in [2.75, 3.05) is 52.4 Å². The number of piperazine rings is 1. The number of hydrogen-bond donors (Lipinski definition) is 2. The fourth-order valence-electron chi connectivity index (χ4n) is 1.85. The molecule has 0 saturated carbocycles. The van der Waals surface area contributed by atoms with Gasteiger partial charge >= 0.3 is 0 Å². The highest BCUT2D eigenvalue weighted by Crippen LogP contribution is 2.04. The van der Waals surface area contributed by atoms with E-state index in [0.29, 0.717) is 5.92 Å². The summed E-state index contributed by atoms with van der Waals surface area (Å²) >= 11 is 0. The molecule has 1 atom stereocenters. The topological polar surface area (TPSA) is 52.7 Å². The molecule has 1 saturated heterocycles. The van der Waals surface area contributed by atoms with E-state index in [-0.39, 0.29) is 6.61 Å². The fourth-order valence-corrected chi connectivity index (χ4v) is 1.85. The van der Waals surface area contributed by atoms with Gasteiger partial charge < -0.3 is 15.7 Å². The van der Waals surface area contributed by atoms with E-state index < -0.39 is 0 Å². The maximum absolute atomic E-state index is 8.80. The minimum Gasteiger partial charge on any atom is -0.395 e. The second-order valence-electron chi connectivity index (χ2n) is 4.21. The number of nitrogens with two attached hydrogens (primary N) is 1. The Morgan fingerprint density at radius 1 is 1.21 bits per heavy atom. The molecule has 1 rings (SSSR count). The summed E-state index contributed by atoms with van der Waals surface area (Å²) in [7, 11) is 0. The van der Waals surface area contributed by atoms with Crippen molar-refractivity contribution in [3.05, 3.63) is 0 Å². The number of β-amino-alcohol motifs (C(OH)–C–C–N with tert-alkyl or cyclic N) is 1. The third-order valence-corrected chi connectivity index (χ3v) is 2.85. The molecule has 1 unspecified atom stereocenters. The average molecular weight is 201 g/mol. The Hall–Kier alpha value is -0.160. The number of rotatable bonds is 5. The maximum atomic E-state index is 8.80. The molecule has 0 amide bonds. The summed E-state index contributed by atoms with van der Waals surface area (Å²) < 4.78 is 0. The van der Waals surface area contributed by atoms with Crippen molar-refractivity contribution in [2.24, 2.45) is 11.7 Å². The van der Waals surface area contributed by atoms with Crippen molar-refractivity contribution >= 4 is 0 Å². The van der Waals surface area contributed by atoms with E-state index >= 15 is 0 Å². The summed E-state index contributed by atoms with van der Waals surface area (Å²) in [5.41, 5.74) is 5.59. The Balaban J connectivity index is 2.15. The van der Waals surface area contributed by atoms with Crippen LogP contribution in [-0.4, -0.2) is 67.3 Å². The molecule has 1 fully saturated rings. The first-order valence-electron chi connectivity index (χ1n) is 5.52. The molecule has 0 aromatic carbocycles. The maximum Gasteiger partial charge on any atom is 0.0558 e. The first kappa shape index (κ1) is 11.9. The van der Waals surface area contributed by atoms with E-state index in [1.165, 1.54) is 0 Å². The highest BCUT2D eigenvalue weighted by Gasteiger charge is 2.17. The normalized spacial score (nSPS) is 22.5. The van der Waals surface area contributed by atoms with Gasteiger partial charge in [0.05, 0.1) is 6.61 Å². The molecule has 0 spiro atoms. The van der Waals surface area contributed by atoms with Gasteiger partial charge in [-0.25, -0.2) is 0 Å². The number of nitrogens with zero attached hydrogens (tertiary/aromatic N) is 2. The van der Waals surface area contributed by atoms with Crippen LogP contribution in [0, 0.1) is 5.92 Å². The second kappa shape index (κ2) is 6.35. The van der Waals surface area contributed by atoms with Crippen LogP contribution >= 0.6 is 0 Å². The predicted molar refractivity (Wildman–Crippen MR) is 58.2 cm³/mol. The van der Waals surface area contributed by atoms with E-state index in [1.807, 2.05) is 0 Å². The summed E-state index contributed by atoms with van der Waals surface area (Å²) in [5.74, 6) is 0.597. The quantitative estimate of drug-likeness (QED) is 0.611. The zero-order valence-electron chi connectivity index (χ0n) is 9.15. The lowest BCUT2D eigenvalue weighted by molar-refractivity contribution is 0.104. The van der Waals surface area contributed by atoms with Gasteiger partial charge in [0.25, 0.3) is 0 Å². The summed E-state index contributed by atoms with van der Waals surface area (Å²) in [6, 6.07) is 0. The van der Waals surface area contributed by atoms with Gasteiger partial charge in [0.15, 0.2) is 0 Å². The highest BCUT2D eigenvalue weighted by atomic mass is 16.3. The zero-order chi connectivity index (χ0) is 10.4. The van der Waals surface area contributed by atoms with E-state index in [0.717, 1.165) is 45.8 Å². The Morgan fingerprint density at radius 3 is 2.29 bits per heavy atom. The number of aliphatic hydroxyl groups is 1. The molecule has 84 valence electrons. The monoisotopic (exact) mass is 201 g/mol. The van der Waals surface area contributed by atoms with Gasteiger partial charge in [0.1, 0.15) is 0 Å². The summed E-state index contributed by atoms with van der Waals surface area (Å²) in [6.45, 7) is 9.57. The molecule has 3 N–H and O–H groups in total. The van der Waals surface area contributed by atoms with Gasteiger partial charge in [-0.05, 0) is 12.5 Å². The van der Waals surface area contributed by atoms with E-state index in [1.54, 1.807) is 0 Å². The summed E-state index contributed by atoms with van der Waals surface area (Å²) in [6.07, 6.45) is 0. The van der Waals surface area contributed by atoms with Gasteiger partial charge in [0, 0.05) is 39.3 Å². The van der Waals surface area contributed by atoms with Gasteiger partial charge in [-0.2, -0.15) is 0 Å². The lowest BCUT2D eigenvalue weighted by Gasteiger charge is -2.35. The number of aliphatic hydroxyl groups excluding tert-OH is 1. The van der Waals surface area contributed by atoms with Gasteiger partial charge in [0.2, 0.25) is 0 Å². The zero-order valence-corrected chi connectivity index (χ0v) is 9.15. The Morgan fingerprint density at radius 2 is 1.79 bits per heavy atom. The smallest absolute Gasteiger partial charge is 0.0558 e. The minimum absolute atomic E-state index is 0.277. The van der Waals surface area contributed by atoms with Crippen molar-refractivity contribution in [1.29, 1.82) is 0 Å². The van der Waals surface area contributed by atoms with E-state index in [4.69, 9.17) is 10.8 Å². The van der Waals surface area contributed by atoms with Crippen LogP contribution in [0.1, 0.15) is 6.92 Å². The third-order valence-electron chi connectivity index (χ3n) is 2.85. The summed E-state index contributed by atoms with van der Waals surface area (Å²) in [4.78, 5) is 4.77. The van der Waals surface area contributed by atoms with Crippen LogP contribution in [0.3, 0.4) is 0 Å². The van der Waals surface area contributed by atoms with Crippen molar-refractivity contribution < 1.29 is 5.11 Å². The van der Waals surface area contributed by atoms with Gasteiger partial charge in [-0.3, -0.25) is 4.90 Å². The van der Waals surface area contributed by atoms with Crippen LogP contribution in [-0.2, 0) is 0 Å². The SMILES string of the molecule is CC(CN)CN1CCN(CCO)CC1. The van der Waals surface area contributed by atoms with Crippen LogP contribution in [0.4, 0.5) is 0 Å². The molecule has 0 aromatic heterocycles. The molecule has 14 heavy (non-hydrogen) atoms. The minimum atomic E-state index is 0.277. The van der Waals surface area contributed by atoms with Crippen molar-refractivity contribution in [2.45, 2.75) is 6.92 Å². The molecule has 0 bridgehead atoms. The predicted octanol–water partition coefficient (Wildman–Crippen LogP) is -0.809. The summed E-state index contributed by atoms with van der Waals surface area (Å²) in [5, 5.41) is 8.80. The van der Waals surface area contributed by atoms with Crippen LogP contribution < -0.4 is 5.73 Å². The largest absolute Gasteiger partial charge is 0.395 e. The first-order chi connectivity index (χ1) is 6.76. The van der Waals surface area contributed by atoms with Crippen LogP contribution in [0.25, 0.3) is 0 Å². The van der Waals surface area contributed by atoms with Crippen molar-refractivity contribution in [3.8, 4) is 0 Å². The van der Waals surface area contributed by atoms with Crippen LogP contribution in [0.5, 0.6) is 0 Å². The molecule has 0 aliphatic carbocycles. The molecule has 1 aliphatic heterocycles. The Bertz CT molecular complexity index is 146. The lowest BCUT2D eigenvalue weighted by Crippen LogP contribution is -2.48.